The van der Waals surface area contributed by atoms with Crippen LogP contribution in [0.15, 0.2) is 12.2 Å². The van der Waals surface area contributed by atoms with Gasteiger partial charge in [-0.25, -0.2) is 0 Å². The van der Waals surface area contributed by atoms with Crippen molar-refractivity contribution in [3.05, 3.63) is 12.2 Å². The zero-order valence-corrected chi connectivity index (χ0v) is 6.38. The molecule has 0 radical (unpaired) electrons. The van der Waals surface area contributed by atoms with Gasteiger partial charge >= 0.3 is 0 Å². The minimum atomic E-state index is -0.0278. The van der Waals surface area contributed by atoms with Crippen LogP contribution in [0.3, 0.4) is 0 Å². The quantitative estimate of drug-likeness (QED) is 0.505. The smallest absolute Gasteiger partial charge is 0.0551 e. The van der Waals surface area contributed by atoms with E-state index in [2.05, 4.69) is 19.1 Å². The van der Waals surface area contributed by atoms with Crippen molar-refractivity contribution in [2.45, 2.75) is 32.3 Å². The van der Waals surface area contributed by atoms with Gasteiger partial charge in [-0.2, -0.15) is 0 Å². The van der Waals surface area contributed by atoms with Gasteiger partial charge in [0.25, 0.3) is 0 Å². The van der Waals surface area contributed by atoms with Crippen LogP contribution in [0.2, 0.25) is 0 Å². The zero-order chi connectivity index (χ0) is 7.19. The third kappa shape index (κ3) is 0.734. The summed E-state index contributed by atoms with van der Waals surface area (Å²) in [5.41, 5.74) is 0.347. The highest BCUT2D eigenvalue weighted by atomic mass is 16.3. The van der Waals surface area contributed by atoms with E-state index in [4.69, 9.17) is 0 Å². The molecule has 2 aliphatic rings. The molecule has 0 aromatic heterocycles. The molecule has 0 saturated heterocycles. The van der Waals surface area contributed by atoms with Crippen molar-refractivity contribution in [1.82, 2.24) is 0 Å². The molecule has 10 heavy (non-hydrogen) atoms. The average Bonchev–Trinajstić information content (AvgIpc) is 2.20. The van der Waals surface area contributed by atoms with Crippen LogP contribution >= 0.6 is 0 Å². The van der Waals surface area contributed by atoms with E-state index in [1.807, 2.05) is 0 Å². The van der Waals surface area contributed by atoms with Gasteiger partial charge in [0.15, 0.2) is 0 Å². The fraction of sp³-hybridized carbons (Fsp3) is 0.778. The van der Waals surface area contributed by atoms with Crippen LogP contribution in [-0.4, -0.2) is 11.2 Å². The predicted molar refractivity (Wildman–Crippen MR) is 40.6 cm³/mol. The monoisotopic (exact) mass is 138 g/mol. The fourth-order valence-corrected chi connectivity index (χ4v) is 2.43. The normalized spacial score (nSPS) is 51.8. The van der Waals surface area contributed by atoms with Gasteiger partial charge in [0, 0.05) is 0 Å². The molecule has 0 aromatic carbocycles. The molecule has 1 heteroatoms. The van der Waals surface area contributed by atoms with Crippen molar-refractivity contribution in [2.24, 2.45) is 11.3 Å². The SMILES string of the molecule is CC12C=CCC1CC(O)C2. The second-order valence-corrected chi connectivity index (χ2v) is 3.93. The molecule has 2 rings (SSSR count). The van der Waals surface area contributed by atoms with E-state index in [9.17, 15) is 5.11 Å². The highest BCUT2D eigenvalue weighted by Crippen LogP contribution is 2.49. The van der Waals surface area contributed by atoms with Crippen molar-refractivity contribution in [3.8, 4) is 0 Å². The van der Waals surface area contributed by atoms with Gasteiger partial charge in [-0.05, 0) is 30.6 Å². The maximum Gasteiger partial charge on any atom is 0.0551 e. The van der Waals surface area contributed by atoms with Crippen LogP contribution in [-0.2, 0) is 0 Å². The molecule has 3 unspecified atom stereocenters. The van der Waals surface area contributed by atoms with E-state index in [1.165, 1.54) is 6.42 Å². The summed E-state index contributed by atoms with van der Waals surface area (Å²) in [6.07, 6.45) is 7.70. The molecule has 1 fully saturated rings. The van der Waals surface area contributed by atoms with E-state index in [-0.39, 0.29) is 6.10 Å². The first kappa shape index (κ1) is 6.41. The summed E-state index contributed by atoms with van der Waals surface area (Å²) < 4.78 is 0. The lowest BCUT2D eigenvalue weighted by molar-refractivity contribution is 0.171. The Morgan fingerprint density at radius 2 is 2.40 bits per heavy atom. The number of hydrogen-bond donors (Lipinski definition) is 1. The van der Waals surface area contributed by atoms with Crippen LogP contribution in [0.5, 0.6) is 0 Å². The molecule has 56 valence electrons. The largest absolute Gasteiger partial charge is 0.393 e. The van der Waals surface area contributed by atoms with Gasteiger partial charge in [0.05, 0.1) is 6.10 Å². The van der Waals surface area contributed by atoms with Crippen molar-refractivity contribution in [3.63, 3.8) is 0 Å². The fourth-order valence-electron chi connectivity index (χ4n) is 2.43. The molecule has 0 amide bonds. The Balaban J connectivity index is 2.22. The van der Waals surface area contributed by atoms with E-state index < -0.39 is 0 Å². The Bertz CT molecular complexity index is 174. The standard InChI is InChI=1S/C9H14O/c1-9-4-2-3-7(9)5-8(10)6-9/h2,4,7-8,10H,3,5-6H2,1H3. The number of allylic oxidation sites excluding steroid dienone is 2. The predicted octanol–water partition coefficient (Wildman–Crippen LogP) is 1.72. The molecule has 0 bridgehead atoms. The van der Waals surface area contributed by atoms with E-state index in [1.54, 1.807) is 0 Å². The van der Waals surface area contributed by atoms with Gasteiger partial charge in [-0.3, -0.25) is 0 Å². The van der Waals surface area contributed by atoms with Crippen molar-refractivity contribution in [2.75, 3.05) is 0 Å². The van der Waals surface area contributed by atoms with Crippen molar-refractivity contribution in [1.29, 1.82) is 0 Å². The van der Waals surface area contributed by atoms with Crippen molar-refractivity contribution < 1.29 is 5.11 Å². The molecule has 0 aromatic rings. The lowest BCUT2D eigenvalue weighted by Gasteiger charge is -2.21. The number of fused-ring (bicyclic) bond motifs is 1. The molecule has 1 nitrogen and oxygen atoms in total. The summed E-state index contributed by atoms with van der Waals surface area (Å²) in [5, 5.41) is 9.37. The number of hydrogen-bond acceptors (Lipinski definition) is 1. The van der Waals surface area contributed by atoms with Crippen LogP contribution in [0.1, 0.15) is 26.2 Å². The molecular formula is C9H14O. The molecule has 0 aliphatic heterocycles. The van der Waals surface area contributed by atoms with Gasteiger partial charge in [-0.15, -0.1) is 0 Å². The highest BCUT2D eigenvalue weighted by molar-refractivity contribution is 5.13. The minimum absolute atomic E-state index is 0.0278. The molecule has 2 aliphatic carbocycles. The molecule has 3 atom stereocenters. The van der Waals surface area contributed by atoms with Gasteiger partial charge < -0.3 is 5.11 Å². The average molecular weight is 138 g/mol. The second kappa shape index (κ2) is 1.85. The summed E-state index contributed by atoms with van der Waals surface area (Å²) in [4.78, 5) is 0. The van der Waals surface area contributed by atoms with E-state index in [0.717, 1.165) is 18.8 Å². The maximum absolute atomic E-state index is 9.37. The summed E-state index contributed by atoms with van der Waals surface area (Å²) in [7, 11) is 0. The topological polar surface area (TPSA) is 20.2 Å². The minimum Gasteiger partial charge on any atom is -0.393 e. The van der Waals surface area contributed by atoms with E-state index in [0.29, 0.717) is 5.41 Å². The summed E-state index contributed by atoms with van der Waals surface area (Å²) >= 11 is 0. The number of aliphatic hydroxyl groups is 1. The molecule has 0 heterocycles. The second-order valence-electron chi connectivity index (χ2n) is 3.93. The lowest BCUT2D eigenvalue weighted by Crippen LogP contribution is -2.13. The highest BCUT2D eigenvalue weighted by Gasteiger charge is 2.43. The van der Waals surface area contributed by atoms with Gasteiger partial charge in [-0.1, -0.05) is 19.1 Å². The number of rotatable bonds is 0. The molecule has 1 N–H and O–H groups in total. The Morgan fingerprint density at radius 3 is 3.10 bits per heavy atom. The maximum atomic E-state index is 9.37. The van der Waals surface area contributed by atoms with Crippen LogP contribution in [0.4, 0.5) is 0 Å². The van der Waals surface area contributed by atoms with E-state index >= 15 is 0 Å². The lowest BCUT2D eigenvalue weighted by atomic mass is 9.83. The first-order valence-electron chi connectivity index (χ1n) is 4.06. The Morgan fingerprint density at radius 1 is 1.60 bits per heavy atom. The van der Waals surface area contributed by atoms with Gasteiger partial charge in [0.1, 0.15) is 0 Å². The summed E-state index contributed by atoms with van der Waals surface area (Å²) in [5.74, 6) is 0.738. The van der Waals surface area contributed by atoms with Crippen LogP contribution in [0, 0.1) is 11.3 Å². The first-order valence-corrected chi connectivity index (χ1v) is 4.06. The van der Waals surface area contributed by atoms with Gasteiger partial charge in [0.2, 0.25) is 0 Å². The zero-order valence-electron chi connectivity index (χ0n) is 6.38. The molecule has 1 saturated carbocycles. The Kier molecular flexibility index (Phi) is 1.19. The third-order valence-corrected chi connectivity index (χ3v) is 3.08. The Hall–Kier alpha value is -0.300. The first-order chi connectivity index (χ1) is 4.71. The molecule has 0 spiro atoms. The van der Waals surface area contributed by atoms with Crippen LogP contribution < -0.4 is 0 Å². The Labute approximate surface area is 61.8 Å². The number of aliphatic hydroxyl groups excluding tert-OH is 1. The summed E-state index contributed by atoms with van der Waals surface area (Å²) in [6.45, 7) is 2.26. The molecular weight excluding hydrogens is 124 g/mol. The van der Waals surface area contributed by atoms with Crippen molar-refractivity contribution >= 4 is 0 Å². The third-order valence-electron chi connectivity index (χ3n) is 3.08. The summed E-state index contributed by atoms with van der Waals surface area (Å²) in [6, 6.07) is 0. The van der Waals surface area contributed by atoms with Crippen LogP contribution in [0.25, 0.3) is 0 Å².